The van der Waals surface area contributed by atoms with Gasteiger partial charge in [0.25, 0.3) is 0 Å². The number of morpholine rings is 1. The number of benzene rings is 2. The Morgan fingerprint density at radius 2 is 1.58 bits per heavy atom. The molecule has 2 fully saturated rings. The van der Waals surface area contributed by atoms with Gasteiger partial charge in [0.2, 0.25) is 17.7 Å². The number of carbonyl (C=O) groups is 3. The molecule has 4 atom stereocenters. The molecule has 2 aromatic rings. The molecule has 2 aliphatic heterocycles. The van der Waals surface area contributed by atoms with Crippen LogP contribution in [0.15, 0.2) is 54.6 Å². The van der Waals surface area contributed by atoms with Crippen LogP contribution in [0.2, 0.25) is 0 Å². The Morgan fingerprint density at radius 1 is 0.944 bits per heavy atom. The first-order valence-electron chi connectivity index (χ1n) is 12.5. The van der Waals surface area contributed by atoms with Crippen molar-refractivity contribution < 1.29 is 23.5 Å². The highest BCUT2D eigenvalue weighted by atomic mass is 19.1. The first kappa shape index (κ1) is 25.8. The van der Waals surface area contributed by atoms with Gasteiger partial charge in [-0.2, -0.15) is 0 Å². The molecule has 3 amide bonds. The SMILES string of the molecule is CC(=O)N1CCOCC1C(=O)N1C[C@H](F)C[C@H]1C(=O)N[C@@H](c1ccccc1)c1ccc(C(C)C)cc1. The van der Waals surface area contributed by atoms with E-state index in [-0.39, 0.29) is 32.0 Å². The first-order valence-corrected chi connectivity index (χ1v) is 12.5. The average molecular weight is 496 g/mol. The molecule has 36 heavy (non-hydrogen) atoms. The number of halogens is 1. The summed E-state index contributed by atoms with van der Waals surface area (Å²) in [5, 5.41) is 3.07. The molecule has 8 heteroatoms. The van der Waals surface area contributed by atoms with Crippen LogP contribution in [0.4, 0.5) is 4.39 Å². The van der Waals surface area contributed by atoms with Crippen molar-refractivity contribution in [2.45, 2.75) is 57.4 Å². The van der Waals surface area contributed by atoms with Crippen molar-refractivity contribution in [3.05, 3.63) is 71.3 Å². The van der Waals surface area contributed by atoms with Crippen molar-refractivity contribution in [3.63, 3.8) is 0 Å². The van der Waals surface area contributed by atoms with E-state index in [4.69, 9.17) is 4.74 Å². The third-order valence-corrected chi connectivity index (χ3v) is 7.01. The second-order valence-electron chi connectivity index (χ2n) is 9.82. The second-order valence-corrected chi connectivity index (χ2v) is 9.82. The van der Waals surface area contributed by atoms with Crippen molar-refractivity contribution in [3.8, 4) is 0 Å². The number of hydrogen-bond donors (Lipinski definition) is 1. The zero-order valence-electron chi connectivity index (χ0n) is 21.0. The van der Waals surface area contributed by atoms with Gasteiger partial charge in [-0.05, 0) is 22.6 Å². The van der Waals surface area contributed by atoms with E-state index < -0.39 is 36.1 Å². The van der Waals surface area contributed by atoms with Gasteiger partial charge in [0, 0.05) is 19.9 Å². The minimum absolute atomic E-state index is 0.0368. The number of nitrogens with one attached hydrogen (secondary N) is 1. The van der Waals surface area contributed by atoms with E-state index in [1.807, 2.05) is 54.6 Å². The van der Waals surface area contributed by atoms with Crippen molar-refractivity contribution in [2.75, 3.05) is 26.3 Å². The Bertz CT molecular complexity index is 1080. The van der Waals surface area contributed by atoms with Crippen LogP contribution in [-0.4, -0.2) is 72.1 Å². The fourth-order valence-corrected chi connectivity index (χ4v) is 4.97. The molecule has 4 rings (SSSR count). The number of alkyl halides is 1. The van der Waals surface area contributed by atoms with Crippen LogP contribution >= 0.6 is 0 Å². The lowest BCUT2D eigenvalue weighted by molar-refractivity contribution is -0.154. The Kier molecular flexibility index (Phi) is 8.04. The van der Waals surface area contributed by atoms with Crippen LogP contribution in [0.5, 0.6) is 0 Å². The monoisotopic (exact) mass is 495 g/mol. The molecule has 2 aromatic carbocycles. The van der Waals surface area contributed by atoms with Crippen molar-refractivity contribution in [1.82, 2.24) is 15.1 Å². The van der Waals surface area contributed by atoms with Crippen molar-refractivity contribution >= 4 is 17.7 Å². The maximum Gasteiger partial charge on any atom is 0.248 e. The van der Waals surface area contributed by atoms with E-state index in [9.17, 15) is 18.8 Å². The van der Waals surface area contributed by atoms with Crippen molar-refractivity contribution in [1.29, 1.82) is 0 Å². The lowest BCUT2D eigenvalue weighted by Crippen LogP contribution is -2.58. The van der Waals surface area contributed by atoms with Gasteiger partial charge < -0.3 is 19.9 Å². The molecule has 0 spiro atoms. The minimum atomic E-state index is -1.32. The average Bonchev–Trinajstić information content (AvgIpc) is 3.29. The quantitative estimate of drug-likeness (QED) is 0.668. The summed E-state index contributed by atoms with van der Waals surface area (Å²) in [7, 11) is 0. The van der Waals surface area contributed by atoms with Gasteiger partial charge in [0.1, 0.15) is 18.3 Å². The van der Waals surface area contributed by atoms with Crippen LogP contribution in [0.25, 0.3) is 0 Å². The Labute approximate surface area is 211 Å². The predicted octanol–water partition coefficient (Wildman–Crippen LogP) is 3.20. The maximum absolute atomic E-state index is 14.6. The molecule has 2 heterocycles. The first-order chi connectivity index (χ1) is 17.3. The van der Waals surface area contributed by atoms with Gasteiger partial charge in [0.15, 0.2) is 0 Å². The standard InChI is InChI=1S/C28H34FN3O4/c1-18(2)20-9-11-22(12-10-20)26(21-7-5-4-6-8-21)30-27(34)24-15-23(29)16-32(24)28(35)25-17-36-14-13-31(25)19(3)33/h4-12,18,23-26H,13-17H2,1-3H3,(H,30,34)/t23-,24+,25?,26+/m1/s1. The molecule has 1 unspecified atom stereocenters. The molecular formula is C28H34FN3O4. The van der Waals surface area contributed by atoms with Crippen LogP contribution in [0.3, 0.4) is 0 Å². The van der Waals surface area contributed by atoms with Gasteiger partial charge >= 0.3 is 0 Å². The third kappa shape index (κ3) is 5.59. The summed E-state index contributed by atoms with van der Waals surface area (Å²) in [5.74, 6) is -0.747. The number of carbonyl (C=O) groups excluding carboxylic acids is 3. The number of nitrogens with zero attached hydrogens (tertiary/aromatic N) is 2. The third-order valence-electron chi connectivity index (χ3n) is 7.01. The number of hydrogen-bond acceptors (Lipinski definition) is 4. The van der Waals surface area contributed by atoms with Crippen LogP contribution in [-0.2, 0) is 19.1 Å². The zero-order chi connectivity index (χ0) is 25.8. The van der Waals surface area contributed by atoms with Crippen molar-refractivity contribution in [2.24, 2.45) is 0 Å². The summed E-state index contributed by atoms with van der Waals surface area (Å²) >= 11 is 0. The smallest absolute Gasteiger partial charge is 0.248 e. The van der Waals surface area contributed by atoms with Gasteiger partial charge in [-0.25, -0.2) is 4.39 Å². The topological polar surface area (TPSA) is 79.0 Å². The molecule has 0 aromatic heterocycles. The van der Waals surface area contributed by atoms with E-state index in [0.29, 0.717) is 12.5 Å². The Morgan fingerprint density at radius 3 is 2.22 bits per heavy atom. The highest BCUT2D eigenvalue weighted by molar-refractivity contribution is 5.93. The van der Waals surface area contributed by atoms with Gasteiger partial charge in [-0.3, -0.25) is 14.4 Å². The van der Waals surface area contributed by atoms with Crippen LogP contribution < -0.4 is 5.32 Å². The number of rotatable bonds is 6. The number of amides is 3. The van der Waals surface area contributed by atoms with Gasteiger partial charge in [-0.15, -0.1) is 0 Å². The van der Waals surface area contributed by atoms with E-state index in [0.717, 1.165) is 11.1 Å². The number of ether oxygens (including phenoxy) is 1. The molecule has 0 bridgehead atoms. The summed E-state index contributed by atoms with van der Waals surface area (Å²) in [6.45, 7) is 6.12. The molecule has 0 aliphatic carbocycles. The second kappa shape index (κ2) is 11.2. The molecular weight excluding hydrogens is 461 g/mol. The normalized spacial score (nSPS) is 23.0. The number of likely N-dealkylation sites (tertiary alicyclic amines) is 1. The summed E-state index contributed by atoms with van der Waals surface area (Å²) < 4.78 is 20.0. The van der Waals surface area contributed by atoms with Crippen LogP contribution in [0.1, 0.15) is 55.8 Å². The zero-order valence-corrected chi connectivity index (χ0v) is 21.0. The Hall–Kier alpha value is -3.26. The fraction of sp³-hybridized carbons (Fsp3) is 0.464. The highest BCUT2D eigenvalue weighted by Crippen LogP contribution is 2.28. The fourth-order valence-electron chi connectivity index (χ4n) is 4.97. The lowest BCUT2D eigenvalue weighted by atomic mass is 9.95. The maximum atomic E-state index is 14.6. The largest absolute Gasteiger partial charge is 0.377 e. The van der Waals surface area contributed by atoms with E-state index in [1.165, 1.54) is 22.3 Å². The molecule has 0 radical (unpaired) electrons. The minimum Gasteiger partial charge on any atom is -0.377 e. The summed E-state index contributed by atoms with van der Waals surface area (Å²) in [4.78, 5) is 41.8. The molecule has 7 nitrogen and oxygen atoms in total. The molecule has 2 aliphatic rings. The summed E-state index contributed by atoms with van der Waals surface area (Å²) in [5.41, 5.74) is 2.98. The highest BCUT2D eigenvalue weighted by Gasteiger charge is 2.44. The van der Waals surface area contributed by atoms with Crippen LogP contribution in [0, 0.1) is 0 Å². The van der Waals surface area contributed by atoms with E-state index in [1.54, 1.807) is 0 Å². The molecule has 1 N–H and O–H groups in total. The summed E-state index contributed by atoms with van der Waals surface area (Å²) in [6, 6.07) is 15.4. The van der Waals surface area contributed by atoms with Gasteiger partial charge in [0.05, 0.1) is 25.8 Å². The molecule has 192 valence electrons. The van der Waals surface area contributed by atoms with E-state index >= 15 is 0 Å². The summed E-state index contributed by atoms with van der Waals surface area (Å²) in [6.07, 6.45) is -1.40. The van der Waals surface area contributed by atoms with E-state index in [2.05, 4.69) is 19.2 Å². The molecule has 0 saturated carbocycles. The predicted molar refractivity (Wildman–Crippen MR) is 134 cm³/mol. The Balaban J connectivity index is 1.58. The van der Waals surface area contributed by atoms with Gasteiger partial charge in [-0.1, -0.05) is 68.4 Å². The lowest BCUT2D eigenvalue weighted by Gasteiger charge is -2.37. The molecule has 2 saturated heterocycles.